The van der Waals surface area contributed by atoms with Gasteiger partial charge in [-0.05, 0) is 32.6 Å². The molecule has 0 aromatic rings. The first-order valence-corrected chi connectivity index (χ1v) is 6.12. The summed E-state index contributed by atoms with van der Waals surface area (Å²) >= 11 is 0. The Labute approximate surface area is 98.3 Å². The molecule has 1 aliphatic rings. The maximum Gasteiger partial charge on any atom is 0.188 e. The van der Waals surface area contributed by atoms with Crippen LogP contribution in [0.3, 0.4) is 0 Å². The van der Waals surface area contributed by atoms with Gasteiger partial charge in [0.05, 0.1) is 12.6 Å². The number of aliphatic imine (C=N–C) groups is 1. The van der Waals surface area contributed by atoms with Crippen molar-refractivity contribution in [3.8, 4) is 0 Å². The molecule has 1 unspecified atom stereocenters. The molecule has 1 atom stereocenters. The highest BCUT2D eigenvalue weighted by Crippen LogP contribution is 2.50. The molecule has 0 radical (unpaired) electrons. The van der Waals surface area contributed by atoms with Crippen LogP contribution >= 0.6 is 0 Å². The average Bonchev–Trinajstić information content (AvgIpc) is 2.93. The van der Waals surface area contributed by atoms with Gasteiger partial charge in [0, 0.05) is 11.5 Å². The molecule has 0 bridgehead atoms. The standard InChI is InChI=1S/C12H25N3O/c1-8(2)10(16)12(5-6-12)7-14-11(13)15-9(3)4/h8-10,16H,5-7H2,1-4H3,(H3,13,14,15). The smallest absolute Gasteiger partial charge is 0.188 e. The van der Waals surface area contributed by atoms with Crippen molar-refractivity contribution >= 4 is 5.96 Å². The Bertz CT molecular complexity index is 257. The van der Waals surface area contributed by atoms with Gasteiger partial charge in [0.25, 0.3) is 0 Å². The van der Waals surface area contributed by atoms with E-state index in [1.807, 2.05) is 27.7 Å². The van der Waals surface area contributed by atoms with Crippen LogP contribution < -0.4 is 11.1 Å². The zero-order valence-corrected chi connectivity index (χ0v) is 10.8. The lowest BCUT2D eigenvalue weighted by atomic mass is 9.90. The van der Waals surface area contributed by atoms with E-state index in [9.17, 15) is 5.11 Å². The summed E-state index contributed by atoms with van der Waals surface area (Å²) in [5.74, 6) is 0.772. The lowest BCUT2D eigenvalue weighted by molar-refractivity contribution is 0.0549. The molecule has 1 saturated carbocycles. The molecule has 94 valence electrons. The van der Waals surface area contributed by atoms with Crippen molar-refractivity contribution in [2.24, 2.45) is 22.1 Å². The van der Waals surface area contributed by atoms with Gasteiger partial charge < -0.3 is 16.2 Å². The van der Waals surface area contributed by atoms with Crippen LogP contribution in [-0.4, -0.2) is 29.8 Å². The van der Waals surface area contributed by atoms with Gasteiger partial charge in [-0.2, -0.15) is 0 Å². The SMILES string of the molecule is CC(C)NC(N)=NCC1(C(O)C(C)C)CC1. The third-order valence-electron chi connectivity index (χ3n) is 3.15. The van der Waals surface area contributed by atoms with Crippen LogP contribution in [0.15, 0.2) is 4.99 Å². The second-order valence-corrected chi connectivity index (χ2v) is 5.55. The minimum absolute atomic E-state index is 0.00253. The predicted octanol–water partition coefficient (Wildman–Crippen LogP) is 1.10. The minimum Gasteiger partial charge on any atom is -0.392 e. The fourth-order valence-corrected chi connectivity index (χ4v) is 2.00. The number of nitrogens with zero attached hydrogens (tertiary/aromatic N) is 1. The number of hydrogen-bond donors (Lipinski definition) is 3. The molecule has 0 heterocycles. The van der Waals surface area contributed by atoms with Gasteiger partial charge in [-0.1, -0.05) is 13.8 Å². The highest BCUT2D eigenvalue weighted by Gasteiger charge is 2.49. The summed E-state index contributed by atoms with van der Waals surface area (Å²) in [7, 11) is 0. The van der Waals surface area contributed by atoms with Crippen LogP contribution in [0.1, 0.15) is 40.5 Å². The van der Waals surface area contributed by atoms with E-state index >= 15 is 0 Å². The Balaban J connectivity index is 2.48. The van der Waals surface area contributed by atoms with E-state index in [0.29, 0.717) is 18.5 Å². The minimum atomic E-state index is -0.261. The molecular formula is C12H25N3O. The largest absolute Gasteiger partial charge is 0.392 e. The summed E-state index contributed by atoms with van der Waals surface area (Å²) in [6, 6.07) is 0.300. The number of guanidine groups is 1. The molecule has 0 aromatic heterocycles. The van der Waals surface area contributed by atoms with Crippen molar-refractivity contribution in [2.45, 2.75) is 52.7 Å². The first-order chi connectivity index (χ1) is 7.37. The maximum absolute atomic E-state index is 10.1. The zero-order chi connectivity index (χ0) is 12.3. The van der Waals surface area contributed by atoms with Gasteiger partial charge in [-0.25, -0.2) is 0 Å². The Kier molecular flexibility index (Phi) is 4.19. The third kappa shape index (κ3) is 3.37. The van der Waals surface area contributed by atoms with Crippen molar-refractivity contribution in [3.05, 3.63) is 0 Å². The molecule has 0 amide bonds. The van der Waals surface area contributed by atoms with Crippen molar-refractivity contribution in [1.29, 1.82) is 0 Å². The van der Waals surface area contributed by atoms with E-state index < -0.39 is 0 Å². The van der Waals surface area contributed by atoms with Crippen molar-refractivity contribution in [3.63, 3.8) is 0 Å². The monoisotopic (exact) mass is 227 g/mol. The molecule has 1 aliphatic carbocycles. The highest BCUT2D eigenvalue weighted by atomic mass is 16.3. The Morgan fingerprint density at radius 2 is 1.94 bits per heavy atom. The second-order valence-electron chi connectivity index (χ2n) is 5.55. The third-order valence-corrected chi connectivity index (χ3v) is 3.15. The lowest BCUT2D eigenvalue weighted by Gasteiger charge is -2.24. The van der Waals surface area contributed by atoms with Crippen LogP contribution in [-0.2, 0) is 0 Å². The summed E-state index contributed by atoms with van der Waals surface area (Å²) in [6.45, 7) is 8.78. The summed E-state index contributed by atoms with van der Waals surface area (Å²) in [4.78, 5) is 4.33. The summed E-state index contributed by atoms with van der Waals surface area (Å²) in [5.41, 5.74) is 5.74. The van der Waals surface area contributed by atoms with Crippen LogP contribution in [0.5, 0.6) is 0 Å². The van der Waals surface area contributed by atoms with E-state index in [4.69, 9.17) is 5.73 Å². The summed E-state index contributed by atoms with van der Waals surface area (Å²) in [6.07, 6.45) is 1.86. The fourth-order valence-electron chi connectivity index (χ4n) is 2.00. The van der Waals surface area contributed by atoms with Gasteiger partial charge in [-0.15, -0.1) is 0 Å². The number of rotatable bonds is 5. The number of hydrogen-bond acceptors (Lipinski definition) is 2. The van der Waals surface area contributed by atoms with Gasteiger partial charge in [0.2, 0.25) is 0 Å². The Morgan fingerprint density at radius 3 is 2.31 bits per heavy atom. The molecule has 0 aromatic carbocycles. The second kappa shape index (κ2) is 5.04. The number of nitrogens with two attached hydrogens (primary N) is 1. The van der Waals surface area contributed by atoms with E-state index in [0.717, 1.165) is 12.8 Å². The fraction of sp³-hybridized carbons (Fsp3) is 0.917. The molecule has 0 aliphatic heterocycles. The van der Waals surface area contributed by atoms with Crippen molar-refractivity contribution < 1.29 is 5.11 Å². The van der Waals surface area contributed by atoms with Gasteiger partial charge in [-0.3, -0.25) is 4.99 Å². The zero-order valence-electron chi connectivity index (χ0n) is 10.8. The van der Waals surface area contributed by atoms with Crippen molar-refractivity contribution in [2.75, 3.05) is 6.54 Å². The predicted molar refractivity (Wildman–Crippen MR) is 67.3 cm³/mol. The molecule has 0 spiro atoms. The number of nitrogens with one attached hydrogen (secondary N) is 1. The molecule has 16 heavy (non-hydrogen) atoms. The summed E-state index contributed by atoms with van der Waals surface area (Å²) in [5, 5.41) is 13.1. The van der Waals surface area contributed by atoms with Crippen LogP contribution in [0.25, 0.3) is 0 Å². The lowest BCUT2D eigenvalue weighted by Crippen LogP contribution is -2.38. The summed E-state index contributed by atoms with van der Waals surface area (Å²) < 4.78 is 0. The molecule has 0 saturated heterocycles. The number of aliphatic hydroxyl groups excluding tert-OH is 1. The van der Waals surface area contributed by atoms with E-state index in [-0.39, 0.29) is 17.4 Å². The van der Waals surface area contributed by atoms with Crippen molar-refractivity contribution in [1.82, 2.24) is 5.32 Å². The van der Waals surface area contributed by atoms with E-state index in [2.05, 4.69) is 10.3 Å². The Morgan fingerprint density at radius 1 is 1.38 bits per heavy atom. The van der Waals surface area contributed by atoms with Crippen LogP contribution in [0.4, 0.5) is 0 Å². The molecule has 4 nitrogen and oxygen atoms in total. The number of aliphatic hydroxyl groups is 1. The first kappa shape index (κ1) is 13.3. The molecule has 1 rings (SSSR count). The topological polar surface area (TPSA) is 70.6 Å². The van der Waals surface area contributed by atoms with Gasteiger partial charge in [0.1, 0.15) is 0 Å². The van der Waals surface area contributed by atoms with Gasteiger partial charge >= 0.3 is 0 Å². The molecule has 4 N–H and O–H groups in total. The first-order valence-electron chi connectivity index (χ1n) is 6.12. The Hall–Kier alpha value is -0.770. The average molecular weight is 227 g/mol. The molecular weight excluding hydrogens is 202 g/mol. The van der Waals surface area contributed by atoms with Gasteiger partial charge in [0.15, 0.2) is 5.96 Å². The van der Waals surface area contributed by atoms with E-state index in [1.54, 1.807) is 0 Å². The highest BCUT2D eigenvalue weighted by molar-refractivity contribution is 5.78. The normalized spacial score (nSPS) is 21.3. The van der Waals surface area contributed by atoms with Crippen LogP contribution in [0.2, 0.25) is 0 Å². The van der Waals surface area contributed by atoms with Crippen LogP contribution in [0, 0.1) is 11.3 Å². The molecule has 1 fully saturated rings. The maximum atomic E-state index is 10.1. The van der Waals surface area contributed by atoms with E-state index in [1.165, 1.54) is 0 Å². The molecule has 4 heteroatoms. The quantitative estimate of drug-likeness (QED) is 0.486.